The Hall–Kier alpha value is -1.55. The first kappa shape index (κ1) is 12.9. The van der Waals surface area contributed by atoms with Crippen LogP contribution in [0.15, 0.2) is 18.2 Å². The van der Waals surface area contributed by atoms with E-state index in [1.807, 2.05) is 25.1 Å². The molecule has 4 heteroatoms. The molecule has 0 radical (unpaired) electrons. The summed E-state index contributed by atoms with van der Waals surface area (Å²) in [5.74, 6) is -0.0620. The summed E-state index contributed by atoms with van der Waals surface area (Å²) < 4.78 is 0. The maximum atomic E-state index is 11.9. The summed E-state index contributed by atoms with van der Waals surface area (Å²) in [4.78, 5) is 11.9. The summed E-state index contributed by atoms with van der Waals surface area (Å²) in [5.41, 5.74) is 3.03. The van der Waals surface area contributed by atoms with Crippen LogP contribution in [0.1, 0.15) is 35.7 Å². The number of rotatable bonds is 5. The van der Waals surface area contributed by atoms with Crippen molar-refractivity contribution in [2.45, 2.75) is 32.3 Å². The number of amides is 1. The number of hydrogen-bond donors (Lipinski definition) is 3. The molecule has 1 aliphatic rings. The zero-order valence-electron chi connectivity index (χ0n) is 10.7. The van der Waals surface area contributed by atoms with Gasteiger partial charge in [-0.1, -0.05) is 6.92 Å². The van der Waals surface area contributed by atoms with E-state index in [-0.39, 0.29) is 12.0 Å². The van der Waals surface area contributed by atoms with Crippen molar-refractivity contribution in [3.8, 4) is 0 Å². The van der Waals surface area contributed by atoms with Crippen molar-refractivity contribution in [3.63, 3.8) is 0 Å². The largest absolute Gasteiger partial charge is 0.393 e. The van der Waals surface area contributed by atoms with Gasteiger partial charge in [0.05, 0.1) is 6.10 Å². The van der Waals surface area contributed by atoms with Crippen LogP contribution >= 0.6 is 0 Å². The average Bonchev–Trinajstić information content (AvgIpc) is 2.85. The normalized spacial score (nSPS) is 14.8. The van der Waals surface area contributed by atoms with Gasteiger partial charge in [0.2, 0.25) is 0 Å². The molecule has 1 unspecified atom stereocenters. The molecule has 1 amide bonds. The molecular formula is C14H20N2O2. The predicted molar refractivity (Wildman–Crippen MR) is 71.9 cm³/mol. The van der Waals surface area contributed by atoms with Gasteiger partial charge in [0, 0.05) is 24.3 Å². The van der Waals surface area contributed by atoms with E-state index in [2.05, 4.69) is 10.6 Å². The molecule has 0 bridgehead atoms. The number of benzene rings is 1. The van der Waals surface area contributed by atoms with Gasteiger partial charge in [-0.3, -0.25) is 4.79 Å². The number of nitrogens with one attached hydrogen (secondary N) is 2. The van der Waals surface area contributed by atoms with E-state index in [0.29, 0.717) is 18.5 Å². The van der Waals surface area contributed by atoms with Crippen LogP contribution in [0.4, 0.5) is 5.69 Å². The van der Waals surface area contributed by atoms with Gasteiger partial charge in [-0.25, -0.2) is 0 Å². The van der Waals surface area contributed by atoms with Crippen molar-refractivity contribution < 1.29 is 9.90 Å². The first-order valence-corrected chi connectivity index (χ1v) is 6.53. The Balaban J connectivity index is 1.89. The van der Waals surface area contributed by atoms with Crippen LogP contribution in [0, 0.1) is 0 Å². The highest BCUT2D eigenvalue weighted by atomic mass is 16.3. The van der Waals surface area contributed by atoms with Gasteiger partial charge in [0.15, 0.2) is 0 Å². The fourth-order valence-electron chi connectivity index (χ4n) is 2.10. The third-order valence-electron chi connectivity index (χ3n) is 3.31. The molecule has 18 heavy (non-hydrogen) atoms. The topological polar surface area (TPSA) is 61.4 Å². The minimum absolute atomic E-state index is 0.0620. The molecule has 1 aromatic carbocycles. The van der Waals surface area contributed by atoms with Crippen molar-refractivity contribution in [2.24, 2.45) is 0 Å². The molecule has 0 aromatic heterocycles. The second kappa shape index (κ2) is 5.87. The maximum absolute atomic E-state index is 11.9. The molecule has 0 fully saturated rings. The maximum Gasteiger partial charge on any atom is 0.251 e. The van der Waals surface area contributed by atoms with Crippen LogP contribution in [-0.4, -0.2) is 30.2 Å². The summed E-state index contributed by atoms with van der Waals surface area (Å²) in [6.45, 7) is 3.40. The van der Waals surface area contributed by atoms with E-state index >= 15 is 0 Å². The van der Waals surface area contributed by atoms with Crippen LogP contribution in [0.25, 0.3) is 0 Å². The zero-order chi connectivity index (χ0) is 13.0. The lowest BCUT2D eigenvalue weighted by atomic mass is 10.1. The molecule has 3 N–H and O–H groups in total. The number of aliphatic hydroxyl groups is 1. The Morgan fingerprint density at radius 1 is 1.56 bits per heavy atom. The fourth-order valence-corrected chi connectivity index (χ4v) is 2.10. The molecular weight excluding hydrogens is 228 g/mol. The summed E-state index contributed by atoms with van der Waals surface area (Å²) in [7, 11) is 0. The highest BCUT2D eigenvalue weighted by Gasteiger charge is 2.13. The highest BCUT2D eigenvalue weighted by molar-refractivity contribution is 5.95. The van der Waals surface area contributed by atoms with Crippen molar-refractivity contribution in [1.82, 2.24) is 5.32 Å². The van der Waals surface area contributed by atoms with Crippen LogP contribution < -0.4 is 10.6 Å². The minimum Gasteiger partial charge on any atom is -0.393 e. The molecule has 0 spiro atoms. The summed E-state index contributed by atoms with van der Waals surface area (Å²) in [5, 5.41) is 15.5. The van der Waals surface area contributed by atoms with Gasteiger partial charge in [-0.15, -0.1) is 0 Å². The standard InChI is InChI=1S/C14H20N2O2/c1-2-12(17)6-8-16-14(18)11-3-4-13-10(9-11)5-7-15-13/h3-4,9,12,15,17H,2,5-8H2,1H3,(H,16,18). The van der Waals surface area contributed by atoms with Gasteiger partial charge < -0.3 is 15.7 Å². The van der Waals surface area contributed by atoms with E-state index in [4.69, 9.17) is 0 Å². The van der Waals surface area contributed by atoms with Crippen molar-refractivity contribution in [3.05, 3.63) is 29.3 Å². The number of carbonyl (C=O) groups is 1. The average molecular weight is 248 g/mol. The van der Waals surface area contributed by atoms with Gasteiger partial charge in [0.1, 0.15) is 0 Å². The van der Waals surface area contributed by atoms with Crippen LogP contribution in [-0.2, 0) is 6.42 Å². The smallest absolute Gasteiger partial charge is 0.251 e. The molecule has 0 saturated heterocycles. The summed E-state index contributed by atoms with van der Waals surface area (Å²) in [6.07, 6.45) is 1.98. The lowest BCUT2D eigenvalue weighted by Crippen LogP contribution is -2.27. The van der Waals surface area contributed by atoms with Gasteiger partial charge >= 0.3 is 0 Å². The molecule has 0 aliphatic carbocycles. The zero-order valence-corrected chi connectivity index (χ0v) is 10.7. The fraction of sp³-hybridized carbons (Fsp3) is 0.500. The minimum atomic E-state index is -0.325. The third kappa shape index (κ3) is 3.01. The Labute approximate surface area is 107 Å². The van der Waals surface area contributed by atoms with E-state index in [9.17, 15) is 9.90 Å². The Morgan fingerprint density at radius 3 is 3.17 bits per heavy atom. The second-order valence-corrected chi connectivity index (χ2v) is 4.66. The summed E-state index contributed by atoms with van der Waals surface area (Å²) >= 11 is 0. The van der Waals surface area contributed by atoms with Gasteiger partial charge in [0.25, 0.3) is 5.91 Å². The van der Waals surface area contributed by atoms with E-state index in [0.717, 1.165) is 25.1 Å². The lowest BCUT2D eigenvalue weighted by Gasteiger charge is -2.09. The molecule has 1 atom stereocenters. The highest BCUT2D eigenvalue weighted by Crippen LogP contribution is 2.22. The van der Waals surface area contributed by atoms with Crippen LogP contribution in [0.5, 0.6) is 0 Å². The quantitative estimate of drug-likeness (QED) is 0.741. The lowest BCUT2D eigenvalue weighted by molar-refractivity contribution is 0.0942. The molecule has 0 saturated carbocycles. The second-order valence-electron chi connectivity index (χ2n) is 4.66. The molecule has 4 nitrogen and oxygen atoms in total. The molecule has 1 aromatic rings. The van der Waals surface area contributed by atoms with Crippen molar-refractivity contribution in [1.29, 1.82) is 0 Å². The molecule has 1 aliphatic heterocycles. The third-order valence-corrected chi connectivity index (χ3v) is 3.31. The molecule has 1 heterocycles. The predicted octanol–water partition coefficient (Wildman–Crippen LogP) is 1.55. The number of carbonyl (C=O) groups excluding carboxylic acids is 1. The number of hydrogen-bond acceptors (Lipinski definition) is 3. The molecule has 98 valence electrons. The number of anilines is 1. The Kier molecular flexibility index (Phi) is 4.20. The van der Waals surface area contributed by atoms with Gasteiger partial charge in [-0.05, 0) is 43.0 Å². The monoisotopic (exact) mass is 248 g/mol. The van der Waals surface area contributed by atoms with E-state index < -0.39 is 0 Å². The van der Waals surface area contributed by atoms with Crippen LogP contribution in [0.2, 0.25) is 0 Å². The Morgan fingerprint density at radius 2 is 2.39 bits per heavy atom. The first-order valence-electron chi connectivity index (χ1n) is 6.53. The molecule has 2 rings (SSSR count). The number of aliphatic hydroxyl groups excluding tert-OH is 1. The summed E-state index contributed by atoms with van der Waals surface area (Å²) in [6, 6.07) is 5.74. The van der Waals surface area contributed by atoms with Gasteiger partial charge in [-0.2, -0.15) is 0 Å². The van der Waals surface area contributed by atoms with Crippen LogP contribution in [0.3, 0.4) is 0 Å². The van der Waals surface area contributed by atoms with E-state index in [1.165, 1.54) is 5.56 Å². The van der Waals surface area contributed by atoms with Crippen molar-refractivity contribution >= 4 is 11.6 Å². The van der Waals surface area contributed by atoms with Crippen molar-refractivity contribution in [2.75, 3.05) is 18.4 Å². The number of fused-ring (bicyclic) bond motifs is 1. The van der Waals surface area contributed by atoms with E-state index in [1.54, 1.807) is 0 Å². The SMILES string of the molecule is CCC(O)CCNC(=O)c1ccc2c(c1)CCN2. The Bertz CT molecular complexity index is 432. The first-order chi connectivity index (χ1) is 8.70.